The van der Waals surface area contributed by atoms with Gasteiger partial charge in [0, 0.05) is 6.54 Å². The van der Waals surface area contributed by atoms with Gasteiger partial charge in [0.25, 0.3) is 0 Å². The van der Waals surface area contributed by atoms with E-state index in [1.54, 1.807) is 6.20 Å². The molecule has 114 valence electrons. The summed E-state index contributed by atoms with van der Waals surface area (Å²) in [5.41, 5.74) is 0.539. The largest absolute Gasteiger partial charge is 0.385 e. The van der Waals surface area contributed by atoms with Crippen LogP contribution in [0.25, 0.3) is 0 Å². The van der Waals surface area contributed by atoms with E-state index in [1.165, 1.54) is 12.8 Å². The van der Waals surface area contributed by atoms with Crippen LogP contribution in [-0.2, 0) is 6.54 Å². The third-order valence-corrected chi connectivity index (χ3v) is 5.05. The lowest BCUT2D eigenvalue weighted by Crippen LogP contribution is -2.49. The van der Waals surface area contributed by atoms with Gasteiger partial charge in [-0.05, 0) is 33.9 Å². The molecule has 1 atom stereocenters. The highest BCUT2D eigenvalue weighted by Crippen LogP contribution is 2.42. The highest BCUT2D eigenvalue weighted by molar-refractivity contribution is 6.31. The Morgan fingerprint density at radius 1 is 1.35 bits per heavy atom. The lowest BCUT2D eigenvalue weighted by atomic mass is 9.81. The standard InChI is InChI=1S/C15H26ClN3O/c1-4-19-13(12(16)11-17-19)14(20)15(18(2)3)9-7-5-6-8-10-15/h11,14,20H,4-10H2,1-3H3. The van der Waals surface area contributed by atoms with Crippen LogP contribution in [0.3, 0.4) is 0 Å². The number of hydrogen-bond acceptors (Lipinski definition) is 3. The Morgan fingerprint density at radius 2 is 1.95 bits per heavy atom. The van der Waals surface area contributed by atoms with Gasteiger partial charge in [0.05, 0.1) is 22.5 Å². The lowest BCUT2D eigenvalue weighted by Gasteiger charge is -2.43. The van der Waals surface area contributed by atoms with Crippen LogP contribution in [0.4, 0.5) is 0 Å². The maximum absolute atomic E-state index is 11.1. The first-order chi connectivity index (χ1) is 9.53. The van der Waals surface area contributed by atoms with Crippen LogP contribution < -0.4 is 0 Å². The molecule has 1 fully saturated rings. The molecule has 1 aliphatic carbocycles. The van der Waals surface area contributed by atoms with Crippen molar-refractivity contribution < 1.29 is 5.11 Å². The van der Waals surface area contributed by atoms with Crippen molar-refractivity contribution in [3.8, 4) is 0 Å². The molecule has 0 saturated heterocycles. The van der Waals surface area contributed by atoms with Crippen LogP contribution in [0.1, 0.15) is 57.2 Å². The summed E-state index contributed by atoms with van der Waals surface area (Å²) in [5, 5.41) is 15.9. The molecule has 20 heavy (non-hydrogen) atoms. The molecule has 5 heteroatoms. The van der Waals surface area contributed by atoms with Gasteiger partial charge in [-0.2, -0.15) is 5.10 Å². The molecule has 1 aliphatic rings. The summed E-state index contributed by atoms with van der Waals surface area (Å²) in [6.45, 7) is 2.75. The number of aliphatic hydroxyl groups is 1. The first-order valence-corrected chi connectivity index (χ1v) is 7.97. The fraction of sp³-hybridized carbons (Fsp3) is 0.800. The molecule has 0 aromatic carbocycles. The molecule has 0 spiro atoms. The Labute approximate surface area is 126 Å². The third-order valence-electron chi connectivity index (χ3n) is 4.76. The van der Waals surface area contributed by atoms with Gasteiger partial charge in [0.2, 0.25) is 0 Å². The minimum Gasteiger partial charge on any atom is -0.385 e. The van der Waals surface area contributed by atoms with E-state index in [2.05, 4.69) is 24.1 Å². The Morgan fingerprint density at radius 3 is 2.45 bits per heavy atom. The predicted octanol–water partition coefficient (Wildman–Crippen LogP) is 3.24. The Balaban J connectivity index is 2.40. The van der Waals surface area contributed by atoms with Gasteiger partial charge in [-0.3, -0.25) is 4.68 Å². The van der Waals surface area contributed by atoms with Gasteiger partial charge >= 0.3 is 0 Å². The molecule has 0 bridgehead atoms. The van der Waals surface area contributed by atoms with E-state index in [1.807, 2.05) is 11.6 Å². The number of aliphatic hydroxyl groups excluding tert-OH is 1. The quantitative estimate of drug-likeness (QED) is 0.868. The lowest BCUT2D eigenvalue weighted by molar-refractivity contribution is -0.0245. The SMILES string of the molecule is CCn1ncc(Cl)c1C(O)C1(N(C)C)CCCCCC1. The molecule has 4 nitrogen and oxygen atoms in total. The molecule has 2 rings (SSSR count). The number of likely N-dealkylation sites (N-methyl/N-ethyl adjacent to an activating group) is 1. The molecular formula is C15H26ClN3O. The maximum atomic E-state index is 11.1. The zero-order valence-electron chi connectivity index (χ0n) is 12.8. The van der Waals surface area contributed by atoms with Gasteiger partial charge in [-0.25, -0.2) is 0 Å². The zero-order valence-corrected chi connectivity index (χ0v) is 13.5. The molecule has 1 unspecified atom stereocenters. The van der Waals surface area contributed by atoms with E-state index in [9.17, 15) is 5.11 Å². The molecule has 1 saturated carbocycles. The molecule has 1 heterocycles. The number of rotatable bonds is 4. The number of aryl methyl sites for hydroxylation is 1. The second-order valence-corrected chi connectivity index (χ2v) is 6.42. The Hall–Kier alpha value is -0.580. The summed E-state index contributed by atoms with van der Waals surface area (Å²) >= 11 is 6.28. The minimum atomic E-state index is -0.592. The molecule has 1 aromatic heterocycles. The molecule has 1 aromatic rings. The fourth-order valence-electron chi connectivity index (χ4n) is 3.46. The smallest absolute Gasteiger partial charge is 0.115 e. The normalized spacial score (nSPS) is 20.9. The van der Waals surface area contributed by atoms with Crippen LogP contribution in [0.15, 0.2) is 6.20 Å². The van der Waals surface area contributed by atoms with Crippen molar-refractivity contribution in [2.45, 2.75) is 63.6 Å². The van der Waals surface area contributed by atoms with E-state index in [0.29, 0.717) is 5.02 Å². The highest BCUT2D eigenvalue weighted by atomic mass is 35.5. The summed E-state index contributed by atoms with van der Waals surface area (Å²) in [6, 6.07) is 0. The number of nitrogens with zero attached hydrogens (tertiary/aromatic N) is 3. The van der Waals surface area contributed by atoms with Crippen LogP contribution in [0.2, 0.25) is 5.02 Å². The number of halogens is 1. The first kappa shape index (κ1) is 15.8. The van der Waals surface area contributed by atoms with Crippen molar-refractivity contribution >= 4 is 11.6 Å². The van der Waals surface area contributed by atoms with Crippen molar-refractivity contribution in [2.24, 2.45) is 0 Å². The van der Waals surface area contributed by atoms with Crippen LogP contribution in [-0.4, -0.2) is 39.4 Å². The monoisotopic (exact) mass is 299 g/mol. The summed E-state index contributed by atoms with van der Waals surface area (Å²) in [7, 11) is 4.13. The van der Waals surface area contributed by atoms with Crippen molar-refractivity contribution in [1.82, 2.24) is 14.7 Å². The Kier molecular flexibility index (Phi) is 5.10. The van der Waals surface area contributed by atoms with Gasteiger partial charge in [-0.1, -0.05) is 37.3 Å². The topological polar surface area (TPSA) is 41.3 Å². The summed E-state index contributed by atoms with van der Waals surface area (Å²) < 4.78 is 1.82. The van der Waals surface area contributed by atoms with Gasteiger partial charge < -0.3 is 10.0 Å². The second kappa shape index (κ2) is 6.46. The van der Waals surface area contributed by atoms with E-state index in [-0.39, 0.29) is 5.54 Å². The average Bonchev–Trinajstić information content (AvgIpc) is 2.65. The van der Waals surface area contributed by atoms with Crippen LogP contribution in [0.5, 0.6) is 0 Å². The predicted molar refractivity (Wildman–Crippen MR) is 82.0 cm³/mol. The van der Waals surface area contributed by atoms with Crippen LogP contribution in [0, 0.1) is 0 Å². The van der Waals surface area contributed by atoms with E-state index >= 15 is 0 Å². The van der Waals surface area contributed by atoms with Crippen molar-refractivity contribution in [3.05, 3.63) is 16.9 Å². The van der Waals surface area contributed by atoms with E-state index in [4.69, 9.17) is 11.6 Å². The summed E-state index contributed by atoms with van der Waals surface area (Å²) in [4.78, 5) is 2.19. The summed E-state index contributed by atoms with van der Waals surface area (Å²) in [5.74, 6) is 0. The highest BCUT2D eigenvalue weighted by Gasteiger charge is 2.43. The molecule has 0 amide bonds. The fourth-order valence-corrected chi connectivity index (χ4v) is 3.70. The van der Waals surface area contributed by atoms with Crippen LogP contribution >= 0.6 is 11.6 Å². The molecular weight excluding hydrogens is 274 g/mol. The third kappa shape index (κ3) is 2.74. The second-order valence-electron chi connectivity index (χ2n) is 6.01. The minimum absolute atomic E-state index is 0.229. The van der Waals surface area contributed by atoms with E-state index < -0.39 is 6.10 Å². The summed E-state index contributed by atoms with van der Waals surface area (Å²) in [6.07, 6.45) is 7.89. The molecule has 1 N–H and O–H groups in total. The maximum Gasteiger partial charge on any atom is 0.115 e. The molecule has 0 aliphatic heterocycles. The first-order valence-electron chi connectivity index (χ1n) is 7.59. The van der Waals surface area contributed by atoms with Crippen molar-refractivity contribution in [3.63, 3.8) is 0 Å². The van der Waals surface area contributed by atoms with E-state index in [0.717, 1.165) is 37.9 Å². The molecule has 0 radical (unpaired) electrons. The van der Waals surface area contributed by atoms with Crippen molar-refractivity contribution in [2.75, 3.05) is 14.1 Å². The van der Waals surface area contributed by atoms with Gasteiger partial charge in [0.1, 0.15) is 6.10 Å². The number of aromatic nitrogens is 2. The van der Waals surface area contributed by atoms with Gasteiger partial charge in [-0.15, -0.1) is 0 Å². The number of hydrogen-bond donors (Lipinski definition) is 1. The van der Waals surface area contributed by atoms with Gasteiger partial charge in [0.15, 0.2) is 0 Å². The van der Waals surface area contributed by atoms with Crippen molar-refractivity contribution in [1.29, 1.82) is 0 Å². The zero-order chi connectivity index (χ0) is 14.8. The Bertz CT molecular complexity index is 436. The average molecular weight is 300 g/mol.